The van der Waals surface area contributed by atoms with Gasteiger partial charge in [0.25, 0.3) is 0 Å². The minimum absolute atomic E-state index is 0.0601. The molecule has 6 nitrogen and oxygen atoms in total. The predicted molar refractivity (Wildman–Crippen MR) is 119 cm³/mol. The molecule has 4 rings (SSSR count). The zero-order valence-electron chi connectivity index (χ0n) is 18.2. The third-order valence-corrected chi connectivity index (χ3v) is 6.03. The Morgan fingerprint density at radius 2 is 2.03 bits per heavy atom. The van der Waals surface area contributed by atoms with E-state index in [1.807, 2.05) is 55.4 Å². The molecule has 0 saturated carbocycles. The van der Waals surface area contributed by atoms with Gasteiger partial charge in [0, 0.05) is 37.8 Å². The molecule has 2 aromatic heterocycles. The van der Waals surface area contributed by atoms with E-state index in [9.17, 15) is 9.59 Å². The van der Waals surface area contributed by atoms with Crippen molar-refractivity contribution < 1.29 is 14.3 Å². The Labute approximate surface area is 182 Å². The van der Waals surface area contributed by atoms with Crippen LogP contribution in [0.5, 0.6) is 0 Å². The maximum Gasteiger partial charge on any atom is 0.310 e. The maximum atomic E-state index is 13.3. The van der Waals surface area contributed by atoms with Crippen molar-refractivity contribution in [3.05, 3.63) is 71.7 Å². The molecule has 1 aromatic carbocycles. The molecular formula is C25H29N3O3. The zero-order chi connectivity index (χ0) is 21.8. The highest BCUT2D eigenvalue weighted by Gasteiger charge is 2.31. The Hall–Kier alpha value is -3.15. The highest BCUT2D eigenvalue weighted by molar-refractivity contribution is 5.79. The van der Waals surface area contributed by atoms with Crippen LogP contribution in [0.4, 0.5) is 0 Å². The van der Waals surface area contributed by atoms with Crippen molar-refractivity contribution in [2.24, 2.45) is 5.92 Å². The minimum Gasteiger partial charge on any atom is -0.466 e. The number of piperidine rings is 1. The van der Waals surface area contributed by atoms with E-state index >= 15 is 0 Å². The molecule has 6 heteroatoms. The van der Waals surface area contributed by atoms with Crippen LogP contribution in [0.1, 0.15) is 48.9 Å². The smallest absolute Gasteiger partial charge is 0.310 e. The molecule has 2 atom stereocenters. The second-order valence-electron chi connectivity index (χ2n) is 8.21. The van der Waals surface area contributed by atoms with E-state index in [0.717, 1.165) is 35.3 Å². The number of aryl methyl sites for hydroxylation is 1. The van der Waals surface area contributed by atoms with E-state index in [2.05, 4.69) is 27.6 Å². The zero-order valence-corrected chi connectivity index (χ0v) is 18.2. The van der Waals surface area contributed by atoms with Gasteiger partial charge in [-0.3, -0.25) is 9.59 Å². The van der Waals surface area contributed by atoms with Crippen molar-refractivity contribution in [3.63, 3.8) is 0 Å². The maximum absolute atomic E-state index is 13.3. The number of aromatic nitrogens is 2. The number of imidazole rings is 1. The van der Waals surface area contributed by atoms with E-state index in [1.54, 1.807) is 0 Å². The van der Waals surface area contributed by atoms with Gasteiger partial charge < -0.3 is 14.0 Å². The van der Waals surface area contributed by atoms with E-state index in [4.69, 9.17) is 4.74 Å². The summed E-state index contributed by atoms with van der Waals surface area (Å²) in [7, 11) is 0. The van der Waals surface area contributed by atoms with Crippen LogP contribution in [0.25, 0.3) is 5.65 Å². The first-order valence-electron chi connectivity index (χ1n) is 11.0. The third-order valence-electron chi connectivity index (χ3n) is 6.03. The molecule has 1 aliphatic rings. The Morgan fingerprint density at radius 3 is 2.81 bits per heavy atom. The summed E-state index contributed by atoms with van der Waals surface area (Å²) in [4.78, 5) is 31.9. The van der Waals surface area contributed by atoms with Gasteiger partial charge >= 0.3 is 5.97 Å². The molecule has 162 valence electrons. The van der Waals surface area contributed by atoms with Crippen molar-refractivity contribution in [1.29, 1.82) is 0 Å². The number of benzene rings is 1. The number of hydrogen-bond acceptors (Lipinski definition) is 4. The number of amides is 1. The average Bonchev–Trinajstić information content (AvgIpc) is 3.21. The summed E-state index contributed by atoms with van der Waals surface area (Å²) in [6.07, 6.45) is 5.82. The molecule has 1 fully saturated rings. The number of esters is 1. The van der Waals surface area contributed by atoms with Crippen LogP contribution >= 0.6 is 0 Å². The van der Waals surface area contributed by atoms with Crippen LogP contribution in [0.15, 0.2) is 54.9 Å². The van der Waals surface area contributed by atoms with Crippen molar-refractivity contribution >= 4 is 17.5 Å². The number of fused-ring (bicyclic) bond motifs is 1. The fourth-order valence-electron chi connectivity index (χ4n) is 4.40. The molecule has 1 amide bonds. The molecule has 0 N–H and O–H groups in total. The molecule has 31 heavy (non-hydrogen) atoms. The molecule has 3 aromatic rings. The number of likely N-dealkylation sites (tertiary alicyclic amines) is 1. The summed E-state index contributed by atoms with van der Waals surface area (Å²) in [6.45, 7) is 5.34. The molecule has 0 bridgehead atoms. The van der Waals surface area contributed by atoms with Crippen LogP contribution in [-0.4, -0.2) is 45.9 Å². The van der Waals surface area contributed by atoms with Gasteiger partial charge in [-0.05, 0) is 49.9 Å². The van der Waals surface area contributed by atoms with Crippen LogP contribution in [0.2, 0.25) is 0 Å². The normalized spacial score (nSPS) is 17.5. The summed E-state index contributed by atoms with van der Waals surface area (Å²) in [5, 5.41) is 0. The van der Waals surface area contributed by atoms with Gasteiger partial charge in [0.15, 0.2) is 0 Å². The SMILES string of the molecule is CCOC(=O)C1CCCN(C(=O)CC(c2ccccc2)c2cnc3cc(C)ccn23)C1. The van der Waals surface area contributed by atoms with Crippen LogP contribution in [-0.2, 0) is 14.3 Å². The first-order valence-corrected chi connectivity index (χ1v) is 11.0. The molecule has 1 saturated heterocycles. The topological polar surface area (TPSA) is 63.9 Å². The van der Waals surface area contributed by atoms with Gasteiger partial charge in [-0.15, -0.1) is 0 Å². The Kier molecular flexibility index (Phi) is 6.35. The van der Waals surface area contributed by atoms with Gasteiger partial charge in [-0.2, -0.15) is 0 Å². The predicted octanol–water partition coefficient (Wildman–Crippen LogP) is 3.97. The van der Waals surface area contributed by atoms with E-state index < -0.39 is 0 Å². The fraction of sp³-hybridized carbons (Fsp3) is 0.400. The first-order chi connectivity index (χ1) is 15.1. The summed E-state index contributed by atoms with van der Waals surface area (Å²) >= 11 is 0. The lowest BCUT2D eigenvalue weighted by atomic mass is 9.91. The Morgan fingerprint density at radius 1 is 1.23 bits per heavy atom. The molecule has 0 spiro atoms. The Bertz CT molecular complexity index is 1060. The lowest BCUT2D eigenvalue weighted by Crippen LogP contribution is -2.43. The van der Waals surface area contributed by atoms with Crippen molar-refractivity contribution in [2.45, 2.75) is 39.0 Å². The lowest BCUT2D eigenvalue weighted by molar-refractivity contribution is -0.151. The summed E-state index contributed by atoms with van der Waals surface area (Å²) in [5.74, 6) is -0.484. The van der Waals surface area contributed by atoms with Crippen LogP contribution in [0, 0.1) is 12.8 Å². The molecule has 0 aliphatic carbocycles. The van der Waals surface area contributed by atoms with E-state index in [1.165, 1.54) is 0 Å². The number of carbonyl (C=O) groups is 2. The lowest BCUT2D eigenvalue weighted by Gasteiger charge is -2.32. The largest absolute Gasteiger partial charge is 0.466 e. The quantitative estimate of drug-likeness (QED) is 0.567. The summed E-state index contributed by atoms with van der Waals surface area (Å²) in [5.41, 5.74) is 4.10. The molecule has 1 aliphatic heterocycles. The first kappa shape index (κ1) is 21.1. The second kappa shape index (κ2) is 9.33. The number of rotatable bonds is 6. The highest BCUT2D eigenvalue weighted by atomic mass is 16.5. The number of nitrogens with zero attached hydrogens (tertiary/aromatic N) is 3. The summed E-state index contributed by atoms with van der Waals surface area (Å²) in [6, 6.07) is 14.2. The van der Waals surface area contributed by atoms with E-state index in [0.29, 0.717) is 26.1 Å². The molecular weight excluding hydrogens is 390 g/mol. The minimum atomic E-state index is -0.230. The van der Waals surface area contributed by atoms with Crippen molar-refractivity contribution in [1.82, 2.24) is 14.3 Å². The van der Waals surface area contributed by atoms with Gasteiger partial charge in [-0.1, -0.05) is 30.3 Å². The van der Waals surface area contributed by atoms with Crippen molar-refractivity contribution in [3.8, 4) is 0 Å². The molecule has 0 radical (unpaired) electrons. The van der Waals surface area contributed by atoms with Crippen LogP contribution in [0.3, 0.4) is 0 Å². The highest BCUT2D eigenvalue weighted by Crippen LogP contribution is 2.30. The van der Waals surface area contributed by atoms with Gasteiger partial charge in [-0.25, -0.2) is 4.98 Å². The summed E-state index contributed by atoms with van der Waals surface area (Å²) < 4.78 is 7.25. The fourth-order valence-corrected chi connectivity index (χ4v) is 4.40. The van der Waals surface area contributed by atoms with Gasteiger partial charge in [0.2, 0.25) is 5.91 Å². The van der Waals surface area contributed by atoms with Gasteiger partial charge in [0.1, 0.15) is 5.65 Å². The Balaban J connectivity index is 1.59. The van der Waals surface area contributed by atoms with Crippen LogP contribution < -0.4 is 0 Å². The third kappa shape index (κ3) is 4.63. The monoisotopic (exact) mass is 419 g/mol. The molecule has 3 heterocycles. The second-order valence-corrected chi connectivity index (χ2v) is 8.21. The average molecular weight is 420 g/mol. The number of hydrogen-bond donors (Lipinski definition) is 0. The van der Waals surface area contributed by atoms with E-state index in [-0.39, 0.29) is 23.7 Å². The number of ether oxygens (including phenoxy) is 1. The van der Waals surface area contributed by atoms with Gasteiger partial charge in [0.05, 0.1) is 18.2 Å². The number of carbonyl (C=O) groups excluding carboxylic acids is 2. The molecule has 2 unspecified atom stereocenters. The number of pyridine rings is 1. The standard InChI is InChI=1S/C25H29N3O3/c1-3-31-25(30)20-10-7-12-27(17-20)24(29)15-21(19-8-5-4-6-9-19)22-16-26-23-14-18(2)11-13-28(22)23/h4-6,8-9,11,13-14,16,20-21H,3,7,10,12,15,17H2,1-2H3. The van der Waals surface area contributed by atoms with Crippen molar-refractivity contribution in [2.75, 3.05) is 19.7 Å².